The lowest BCUT2D eigenvalue weighted by atomic mass is 10.8. The molecule has 0 radical (unpaired) electrons. The van der Waals surface area contributed by atoms with Crippen LogP contribution >= 0.6 is 7.82 Å². The summed E-state index contributed by atoms with van der Waals surface area (Å²) in [6.45, 7) is -0.208. The number of ether oxygens (including phenoxy) is 1. The Hall–Kier alpha value is -1.26. The number of hydrogen-bond acceptors (Lipinski definition) is 5. The van der Waals surface area contributed by atoms with Crippen LogP contribution in [0.2, 0.25) is 0 Å². The van der Waals surface area contributed by atoms with E-state index in [1.165, 1.54) is 7.11 Å². The first-order valence-electron chi connectivity index (χ1n) is 2.83. The predicted octanol–water partition coefficient (Wildman–Crippen LogP) is -1.56. The quantitative estimate of drug-likeness (QED) is 0.218. The molecule has 0 aromatic heterocycles. The van der Waals surface area contributed by atoms with E-state index in [0.29, 0.717) is 0 Å². The van der Waals surface area contributed by atoms with Gasteiger partial charge in [-0.1, -0.05) is 0 Å². The zero-order valence-electron chi connectivity index (χ0n) is 7.38. The smallest absolute Gasteiger partial charge is 0.466 e. The fourth-order valence-corrected chi connectivity index (χ4v) is 0.123. The van der Waals surface area contributed by atoms with Gasteiger partial charge in [0.15, 0.2) is 0 Å². The highest BCUT2D eigenvalue weighted by Crippen LogP contribution is 2.25. The van der Waals surface area contributed by atoms with Crippen LogP contribution in [0, 0.1) is 10.1 Å². The van der Waals surface area contributed by atoms with Crippen LogP contribution in [-0.4, -0.2) is 49.8 Å². The molecule has 15 heavy (non-hydrogen) atoms. The van der Waals surface area contributed by atoms with Crippen LogP contribution in [0.15, 0.2) is 0 Å². The third-order valence-electron chi connectivity index (χ3n) is 0.268. The summed E-state index contributed by atoms with van der Waals surface area (Å²) < 4.78 is 13.1. The van der Waals surface area contributed by atoms with E-state index in [0.717, 1.165) is 0 Å². The average Bonchev–Trinajstić information content (AvgIpc) is 1.79. The number of aliphatic carboxylic acids is 1. The van der Waals surface area contributed by atoms with Crippen molar-refractivity contribution < 1.29 is 44.2 Å². The topological polar surface area (TPSA) is 188 Å². The average molecular weight is 251 g/mol. The Kier molecular flexibility index (Phi) is 13.9. The third-order valence-corrected chi connectivity index (χ3v) is 0.268. The minimum atomic E-state index is -4.64. The Morgan fingerprint density at radius 3 is 1.67 bits per heavy atom. The van der Waals surface area contributed by atoms with Crippen molar-refractivity contribution in [2.45, 2.75) is 0 Å². The SMILES string of the molecule is COCC(=O)O.O=P(O)(O)O.O=[N+]([O-])O. The molecule has 0 aliphatic carbocycles. The molecule has 0 aromatic carbocycles. The fraction of sp³-hybridized carbons (Fsp3) is 0.667. The van der Waals surface area contributed by atoms with Crippen LogP contribution in [-0.2, 0) is 14.1 Å². The number of methoxy groups -OCH3 is 1. The summed E-state index contributed by atoms with van der Waals surface area (Å²) in [7, 11) is -3.30. The molecule has 0 atom stereocenters. The Labute approximate surface area is 82.9 Å². The van der Waals surface area contributed by atoms with Crippen molar-refractivity contribution in [1.82, 2.24) is 0 Å². The van der Waals surface area contributed by atoms with Gasteiger partial charge in [-0.15, -0.1) is 10.1 Å². The molecular formula is C3H10NO10P. The van der Waals surface area contributed by atoms with Crippen molar-refractivity contribution in [3.8, 4) is 0 Å². The molecule has 0 rings (SSSR count). The summed E-state index contributed by atoms with van der Waals surface area (Å²) in [5.74, 6) is -0.933. The minimum Gasteiger partial charge on any atom is -0.480 e. The van der Waals surface area contributed by atoms with Gasteiger partial charge in [-0.3, -0.25) is 0 Å². The maximum atomic E-state index is 9.47. The fourth-order valence-electron chi connectivity index (χ4n) is 0.123. The molecule has 0 unspecified atom stereocenters. The second-order valence-electron chi connectivity index (χ2n) is 1.58. The summed E-state index contributed by atoms with van der Waals surface area (Å²) in [5, 5.41) is 21.4. The predicted molar refractivity (Wildman–Crippen MR) is 42.6 cm³/mol. The molecule has 0 saturated carbocycles. The summed E-state index contributed by atoms with van der Waals surface area (Å²) in [6.07, 6.45) is 0. The molecule has 0 bridgehead atoms. The molecule has 0 amide bonds. The lowest BCUT2D eigenvalue weighted by molar-refractivity contribution is -0.742. The van der Waals surface area contributed by atoms with Gasteiger partial charge in [0.1, 0.15) is 6.61 Å². The summed E-state index contributed by atoms with van der Waals surface area (Å²) in [4.78, 5) is 39.4. The standard InChI is InChI=1S/C3H6O3.HNO3.H3O4P/c1-6-2-3(4)5;2-1(3)4;1-5(2,3)4/h2H2,1H3,(H,4,5);(H,2,3,4);(H3,1,2,3,4). The second kappa shape index (κ2) is 10.8. The summed E-state index contributed by atoms with van der Waals surface area (Å²) >= 11 is 0. The lowest BCUT2D eigenvalue weighted by Crippen LogP contribution is -2.02. The van der Waals surface area contributed by atoms with E-state index in [2.05, 4.69) is 4.74 Å². The van der Waals surface area contributed by atoms with Gasteiger partial charge in [-0.05, 0) is 0 Å². The maximum Gasteiger partial charge on any atom is 0.466 e. The van der Waals surface area contributed by atoms with Crippen LogP contribution in [0.5, 0.6) is 0 Å². The van der Waals surface area contributed by atoms with Crippen LogP contribution in [0.25, 0.3) is 0 Å². The number of carboxylic acid groups (broad SMARTS) is 1. The molecule has 0 spiro atoms. The zero-order valence-corrected chi connectivity index (χ0v) is 8.27. The highest BCUT2D eigenvalue weighted by Gasteiger charge is 2.00. The lowest BCUT2D eigenvalue weighted by Gasteiger charge is -1.83. The van der Waals surface area contributed by atoms with E-state index < -0.39 is 18.9 Å². The molecule has 5 N–H and O–H groups in total. The first-order valence-corrected chi connectivity index (χ1v) is 4.39. The van der Waals surface area contributed by atoms with E-state index in [1.54, 1.807) is 0 Å². The molecule has 12 heteroatoms. The molecule has 0 fully saturated rings. The van der Waals surface area contributed by atoms with E-state index in [4.69, 9.17) is 39.7 Å². The second-order valence-corrected chi connectivity index (χ2v) is 2.60. The minimum absolute atomic E-state index is 0.208. The van der Waals surface area contributed by atoms with Gasteiger partial charge in [0, 0.05) is 7.11 Å². The molecule has 0 heterocycles. The van der Waals surface area contributed by atoms with Gasteiger partial charge in [0.2, 0.25) is 0 Å². The molecule has 11 nitrogen and oxygen atoms in total. The molecule has 0 aliphatic heterocycles. The van der Waals surface area contributed by atoms with Gasteiger partial charge in [0.25, 0.3) is 5.09 Å². The Bertz CT molecular complexity index is 208. The number of carboxylic acids is 1. The monoisotopic (exact) mass is 251 g/mol. The number of phosphoric acid groups is 1. The van der Waals surface area contributed by atoms with Gasteiger partial charge in [-0.2, -0.15) is 0 Å². The van der Waals surface area contributed by atoms with E-state index in [9.17, 15) is 4.79 Å². The molecule has 0 aromatic rings. The largest absolute Gasteiger partial charge is 0.480 e. The Balaban J connectivity index is -0.000000147. The number of carbonyl (C=O) groups is 1. The van der Waals surface area contributed by atoms with Crippen molar-refractivity contribution in [1.29, 1.82) is 0 Å². The first kappa shape index (κ1) is 19.3. The Morgan fingerprint density at radius 2 is 1.67 bits per heavy atom. The van der Waals surface area contributed by atoms with Crippen LogP contribution in [0.4, 0.5) is 0 Å². The van der Waals surface area contributed by atoms with Crippen LogP contribution < -0.4 is 0 Å². The Morgan fingerprint density at radius 1 is 1.47 bits per heavy atom. The van der Waals surface area contributed by atoms with Crippen molar-refractivity contribution in [2.24, 2.45) is 0 Å². The highest BCUT2D eigenvalue weighted by atomic mass is 31.2. The summed E-state index contributed by atoms with van der Waals surface area (Å²) in [5.41, 5.74) is 0. The number of nitrogens with zero attached hydrogens (tertiary/aromatic N) is 1. The first-order chi connectivity index (χ1) is 6.50. The van der Waals surface area contributed by atoms with E-state index in [1.807, 2.05) is 0 Å². The van der Waals surface area contributed by atoms with Gasteiger partial charge in [0.05, 0.1) is 0 Å². The molecule has 92 valence electrons. The zero-order chi connectivity index (χ0) is 13.1. The molecule has 0 aliphatic rings. The number of rotatable bonds is 2. The summed E-state index contributed by atoms with van der Waals surface area (Å²) in [6, 6.07) is 0. The van der Waals surface area contributed by atoms with Gasteiger partial charge >= 0.3 is 13.8 Å². The van der Waals surface area contributed by atoms with Gasteiger partial charge < -0.3 is 29.7 Å². The number of hydrogen-bond donors (Lipinski definition) is 5. The van der Waals surface area contributed by atoms with Crippen molar-refractivity contribution in [3.05, 3.63) is 10.1 Å². The van der Waals surface area contributed by atoms with Crippen molar-refractivity contribution in [3.63, 3.8) is 0 Å². The van der Waals surface area contributed by atoms with Crippen molar-refractivity contribution >= 4 is 13.8 Å². The third kappa shape index (κ3) is 485. The van der Waals surface area contributed by atoms with Crippen LogP contribution in [0.1, 0.15) is 0 Å². The maximum absolute atomic E-state index is 9.47. The molecule has 0 saturated heterocycles. The van der Waals surface area contributed by atoms with Crippen molar-refractivity contribution in [2.75, 3.05) is 13.7 Å². The van der Waals surface area contributed by atoms with E-state index in [-0.39, 0.29) is 6.61 Å². The normalized spacial score (nSPS) is 8.80. The van der Waals surface area contributed by atoms with Gasteiger partial charge in [-0.25, -0.2) is 9.36 Å². The van der Waals surface area contributed by atoms with Crippen LogP contribution in [0.3, 0.4) is 0 Å². The highest BCUT2D eigenvalue weighted by molar-refractivity contribution is 7.45. The molecular weight excluding hydrogens is 241 g/mol. The van der Waals surface area contributed by atoms with E-state index >= 15 is 0 Å².